The van der Waals surface area contributed by atoms with E-state index in [-0.39, 0.29) is 21.7 Å². The third-order valence-corrected chi connectivity index (χ3v) is 2.31. The maximum atomic E-state index is 3.54. The van der Waals surface area contributed by atoms with Crippen molar-refractivity contribution in [2.45, 2.75) is 0 Å². The van der Waals surface area contributed by atoms with Crippen LogP contribution in [0.4, 0.5) is 0 Å². The molecule has 164 valence electrons. The zero-order valence-corrected chi connectivity index (χ0v) is 20.0. The van der Waals surface area contributed by atoms with Crippen molar-refractivity contribution in [3.8, 4) is 0 Å². The number of nitrogens with one attached hydrogen (secondary N) is 4. The molecule has 0 atom stereocenters. The van der Waals surface area contributed by atoms with Crippen LogP contribution in [-0.2, 0) is 21.7 Å². The fourth-order valence-corrected chi connectivity index (χ4v) is 1.15. The van der Waals surface area contributed by atoms with Gasteiger partial charge in [-0.25, -0.2) is 0 Å². The molecule has 0 aliphatic heterocycles. The Bertz CT molecular complexity index is 275. The quantitative estimate of drug-likeness (QED) is 0.169. The van der Waals surface area contributed by atoms with E-state index in [0.717, 1.165) is 52.4 Å². The Morgan fingerprint density at radius 2 is 0.414 bits per heavy atom. The van der Waals surface area contributed by atoms with Crippen LogP contribution in [0, 0.1) is 0 Å². The predicted octanol–water partition coefficient (Wildman–Crippen LogP) is 3.79. The summed E-state index contributed by atoms with van der Waals surface area (Å²) in [6, 6.07) is 0. The van der Waals surface area contributed by atoms with Crippen LogP contribution in [-0.4, -0.2) is 52.4 Å². The molecule has 0 aromatic rings. The molecule has 0 fully saturated rings. The topological polar surface area (TPSA) is 48.1 Å². The summed E-state index contributed by atoms with van der Waals surface area (Å²) in [4.78, 5) is 0. The van der Waals surface area contributed by atoms with E-state index < -0.39 is 0 Å². The second kappa shape index (κ2) is 50.3. The molecule has 0 saturated heterocycles. The van der Waals surface area contributed by atoms with Crippen LogP contribution in [0.25, 0.3) is 0 Å². The van der Waals surface area contributed by atoms with E-state index in [2.05, 4.69) is 73.9 Å². The van der Waals surface area contributed by atoms with Gasteiger partial charge in [0.05, 0.1) is 0 Å². The van der Waals surface area contributed by atoms with E-state index in [1.807, 2.05) is 48.6 Å². The van der Waals surface area contributed by atoms with E-state index in [0.29, 0.717) is 0 Å². The molecule has 29 heavy (non-hydrogen) atoms. The Balaban J connectivity index is -0.0000000873. The molecule has 4 N–H and O–H groups in total. The molecule has 0 aromatic carbocycles. The van der Waals surface area contributed by atoms with Crippen LogP contribution in [0.3, 0.4) is 0 Å². The molecule has 0 aliphatic carbocycles. The van der Waals surface area contributed by atoms with Crippen LogP contribution < -0.4 is 21.3 Å². The van der Waals surface area contributed by atoms with Gasteiger partial charge < -0.3 is 21.3 Å². The second-order valence-corrected chi connectivity index (χ2v) is 4.94. The molecular formula is C24H44N4Ti. The summed E-state index contributed by atoms with van der Waals surface area (Å²) in [5.41, 5.74) is 0. The molecular weight excluding hydrogens is 392 g/mol. The van der Waals surface area contributed by atoms with Gasteiger partial charge in [0.1, 0.15) is 0 Å². The molecule has 0 radical (unpaired) electrons. The zero-order chi connectivity index (χ0) is 22.1. The molecule has 0 bridgehead atoms. The third kappa shape index (κ3) is 75.7. The van der Waals surface area contributed by atoms with Crippen molar-refractivity contribution in [2.75, 3.05) is 52.4 Å². The first-order valence-corrected chi connectivity index (χ1v) is 9.36. The summed E-state index contributed by atoms with van der Waals surface area (Å²) in [6.07, 6.45) is 14.6. The fraction of sp³-hybridized carbons (Fsp3) is 0.333. The van der Waals surface area contributed by atoms with Gasteiger partial charge in [-0.05, 0) is 0 Å². The monoisotopic (exact) mass is 436 g/mol. The van der Waals surface area contributed by atoms with Crippen molar-refractivity contribution >= 4 is 0 Å². The molecule has 0 saturated carbocycles. The van der Waals surface area contributed by atoms with Crippen molar-refractivity contribution in [2.24, 2.45) is 0 Å². The Labute approximate surface area is 196 Å². The molecule has 5 heteroatoms. The van der Waals surface area contributed by atoms with Crippen molar-refractivity contribution in [1.29, 1.82) is 0 Å². The Hall–Kier alpha value is -1.53. The van der Waals surface area contributed by atoms with Gasteiger partial charge >= 0.3 is 0 Å². The maximum Gasteiger partial charge on any atom is 0.0135 e. The summed E-state index contributed by atoms with van der Waals surface area (Å²) >= 11 is 0. The van der Waals surface area contributed by atoms with Crippen molar-refractivity contribution < 1.29 is 21.7 Å². The van der Waals surface area contributed by atoms with Gasteiger partial charge in [-0.15, -0.1) is 52.6 Å². The average molecular weight is 437 g/mol. The second-order valence-electron chi connectivity index (χ2n) is 4.94. The minimum absolute atomic E-state index is 0. The van der Waals surface area contributed by atoms with E-state index in [1.165, 1.54) is 0 Å². The van der Waals surface area contributed by atoms with Crippen LogP contribution in [0.1, 0.15) is 0 Å². The molecule has 0 heterocycles. The Kier molecular flexibility index (Phi) is 66.2. The third-order valence-electron chi connectivity index (χ3n) is 2.31. The van der Waals surface area contributed by atoms with E-state index in [1.54, 1.807) is 0 Å². The Morgan fingerprint density at radius 1 is 0.310 bits per heavy atom. The summed E-state index contributed by atoms with van der Waals surface area (Å²) < 4.78 is 0. The van der Waals surface area contributed by atoms with Crippen molar-refractivity contribution in [1.82, 2.24) is 21.3 Å². The van der Waals surface area contributed by atoms with Gasteiger partial charge in [0.15, 0.2) is 0 Å². The van der Waals surface area contributed by atoms with Gasteiger partial charge in [0.25, 0.3) is 0 Å². The minimum atomic E-state index is 0. The van der Waals surface area contributed by atoms with E-state index in [4.69, 9.17) is 0 Å². The molecule has 0 spiro atoms. The van der Waals surface area contributed by atoms with Crippen molar-refractivity contribution in [3.63, 3.8) is 0 Å². The largest absolute Gasteiger partial charge is 0.310 e. The molecule has 0 unspecified atom stereocenters. The number of rotatable bonds is 16. The summed E-state index contributed by atoms with van der Waals surface area (Å²) in [5.74, 6) is 0. The summed E-state index contributed by atoms with van der Waals surface area (Å²) in [7, 11) is 0. The molecule has 0 aromatic heterocycles. The smallest absolute Gasteiger partial charge is 0.0135 e. The first-order chi connectivity index (χ1) is 13.7. The fourth-order valence-electron chi connectivity index (χ4n) is 1.15. The van der Waals surface area contributed by atoms with Crippen LogP contribution >= 0.6 is 0 Å². The standard InChI is InChI=1S/4C6H11N.Ti/c4*1-3-5-7-6-4-2;/h4*3-4,7H,1-2,5-6H2;. The van der Waals surface area contributed by atoms with E-state index in [9.17, 15) is 0 Å². The SMILES string of the molecule is C=CCNCC=C.C=CCNCC=C.C=CCNCC=C.C=CCNCC=C.[Ti]. The van der Waals surface area contributed by atoms with Crippen LogP contribution in [0.2, 0.25) is 0 Å². The average Bonchev–Trinajstić information content (AvgIpc) is 2.71. The molecule has 0 rings (SSSR count). The first-order valence-electron chi connectivity index (χ1n) is 9.36. The normalized spacial score (nSPS) is 7.72. The van der Waals surface area contributed by atoms with Crippen LogP contribution in [0.5, 0.6) is 0 Å². The van der Waals surface area contributed by atoms with Crippen LogP contribution in [0.15, 0.2) is 101 Å². The van der Waals surface area contributed by atoms with Gasteiger partial charge in [0, 0.05) is 74.1 Å². The van der Waals surface area contributed by atoms with Crippen molar-refractivity contribution in [3.05, 3.63) is 101 Å². The molecule has 0 amide bonds. The van der Waals surface area contributed by atoms with Gasteiger partial charge in [0.2, 0.25) is 0 Å². The Morgan fingerprint density at radius 3 is 0.483 bits per heavy atom. The molecule has 4 nitrogen and oxygen atoms in total. The zero-order valence-electron chi connectivity index (χ0n) is 18.4. The number of hydrogen-bond acceptors (Lipinski definition) is 4. The first kappa shape index (κ1) is 38.1. The van der Waals surface area contributed by atoms with Gasteiger partial charge in [-0.1, -0.05) is 48.6 Å². The predicted molar refractivity (Wildman–Crippen MR) is 133 cm³/mol. The molecule has 0 aliphatic rings. The minimum Gasteiger partial charge on any atom is -0.310 e. The maximum absolute atomic E-state index is 3.54. The summed E-state index contributed by atoms with van der Waals surface area (Å²) in [6.45, 7) is 35.2. The van der Waals surface area contributed by atoms with Gasteiger partial charge in [-0.2, -0.15) is 0 Å². The summed E-state index contributed by atoms with van der Waals surface area (Å²) in [5, 5.41) is 12.2. The number of hydrogen-bond donors (Lipinski definition) is 4. The van der Waals surface area contributed by atoms with E-state index >= 15 is 0 Å². The van der Waals surface area contributed by atoms with Gasteiger partial charge in [-0.3, -0.25) is 0 Å².